The van der Waals surface area contributed by atoms with Crippen LogP contribution >= 0.6 is 0 Å². The molecule has 0 saturated carbocycles. The van der Waals surface area contributed by atoms with E-state index >= 15 is 0 Å². The predicted octanol–water partition coefficient (Wildman–Crippen LogP) is 1.82. The maximum Gasteiger partial charge on any atom is 0.278 e. The van der Waals surface area contributed by atoms with Crippen molar-refractivity contribution in [2.75, 3.05) is 33.0 Å². The van der Waals surface area contributed by atoms with Gasteiger partial charge in [0.1, 0.15) is 11.6 Å². The number of nitrogens with zero attached hydrogens (tertiary/aromatic N) is 5. The summed E-state index contributed by atoms with van der Waals surface area (Å²) in [6.45, 7) is 5.67. The number of carbonyl (C=O) groups is 1. The molecule has 2 aliphatic rings. The largest absolute Gasteiger partial charge is 0.454 e. The van der Waals surface area contributed by atoms with Gasteiger partial charge in [0, 0.05) is 32.7 Å². The zero-order valence-corrected chi connectivity index (χ0v) is 17.9. The Labute approximate surface area is 185 Å². The fourth-order valence-electron chi connectivity index (χ4n) is 4.29. The zero-order valence-electron chi connectivity index (χ0n) is 17.9. The molecule has 1 atom stereocenters. The molecule has 166 valence electrons. The van der Waals surface area contributed by atoms with E-state index in [1.165, 1.54) is 4.68 Å². The van der Waals surface area contributed by atoms with Crippen molar-refractivity contribution in [3.8, 4) is 11.5 Å². The highest BCUT2D eigenvalue weighted by Gasteiger charge is 2.29. The summed E-state index contributed by atoms with van der Waals surface area (Å²) in [5.74, 6) is 1.48. The number of rotatable bonds is 5. The zero-order chi connectivity index (χ0) is 22.1. The molecule has 9 nitrogen and oxygen atoms in total. The van der Waals surface area contributed by atoms with Gasteiger partial charge in [0.25, 0.3) is 5.56 Å². The summed E-state index contributed by atoms with van der Waals surface area (Å²) >= 11 is 0. The number of carbonyl (C=O) groups excluding carboxylic acids is 1. The molecule has 9 heteroatoms. The smallest absolute Gasteiger partial charge is 0.278 e. The van der Waals surface area contributed by atoms with E-state index in [-0.39, 0.29) is 18.3 Å². The van der Waals surface area contributed by atoms with E-state index in [0.29, 0.717) is 30.4 Å². The van der Waals surface area contributed by atoms with Crippen molar-refractivity contribution in [3.63, 3.8) is 0 Å². The third-order valence-electron chi connectivity index (χ3n) is 6.09. The Morgan fingerprint density at radius 1 is 1.06 bits per heavy atom. The number of hydrogen-bond donors (Lipinski definition) is 0. The highest BCUT2D eigenvalue weighted by atomic mass is 16.7. The second kappa shape index (κ2) is 8.58. The molecule has 0 spiro atoms. The van der Waals surface area contributed by atoms with Gasteiger partial charge in [-0.15, -0.1) is 5.10 Å². The van der Waals surface area contributed by atoms with Crippen molar-refractivity contribution in [1.82, 2.24) is 24.8 Å². The summed E-state index contributed by atoms with van der Waals surface area (Å²) in [7, 11) is 0. The van der Waals surface area contributed by atoms with Gasteiger partial charge in [-0.25, -0.2) is 0 Å². The van der Waals surface area contributed by atoms with Gasteiger partial charge in [-0.05, 0) is 36.2 Å². The first-order valence-corrected chi connectivity index (χ1v) is 10.9. The summed E-state index contributed by atoms with van der Waals surface area (Å²) in [4.78, 5) is 30.3. The Morgan fingerprint density at radius 2 is 1.84 bits per heavy atom. The Morgan fingerprint density at radius 3 is 2.66 bits per heavy atom. The Balaban J connectivity index is 1.25. The van der Waals surface area contributed by atoms with Gasteiger partial charge in [-0.3, -0.25) is 14.5 Å². The van der Waals surface area contributed by atoms with Gasteiger partial charge in [-0.1, -0.05) is 30.3 Å². The first-order valence-electron chi connectivity index (χ1n) is 10.9. The summed E-state index contributed by atoms with van der Waals surface area (Å²) < 4.78 is 12.1. The lowest BCUT2D eigenvalue weighted by atomic mass is 10.1. The van der Waals surface area contributed by atoms with Gasteiger partial charge in [0.15, 0.2) is 11.5 Å². The van der Waals surface area contributed by atoms with Gasteiger partial charge in [0.05, 0.1) is 5.39 Å². The molecule has 1 fully saturated rings. The Kier molecular flexibility index (Phi) is 5.48. The second-order valence-electron chi connectivity index (χ2n) is 8.07. The molecule has 0 aliphatic carbocycles. The summed E-state index contributed by atoms with van der Waals surface area (Å²) in [6, 6.07) is 12.4. The number of hydrogen-bond acceptors (Lipinski definition) is 7. The number of fused-ring (bicyclic) bond motifs is 2. The molecule has 0 bridgehead atoms. The standard InChI is InChI=1S/C23H25N5O4/c1-2-19(28-22(29)17-5-3-4-6-18(17)24-25-28)23(30)27-11-9-26(10-12-27)14-16-7-8-20-21(13-16)32-15-31-20/h3-8,13,19H,2,9-12,14-15H2,1H3/t19-/m0/s1. The first kappa shape index (κ1) is 20.4. The van der Waals surface area contributed by atoms with Crippen LogP contribution in [-0.4, -0.2) is 63.7 Å². The lowest BCUT2D eigenvalue weighted by Crippen LogP contribution is -2.51. The molecule has 0 unspecified atom stereocenters. The third-order valence-corrected chi connectivity index (χ3v) is 6.09. The van der Waals surface area contributed by atoms with Gasteiger partial charge >= 0.3 is 0 Å². The molecule has 1 aromatic heterocycles. The fourth-order valence-corrected chi connectivity index (χ4v) is 4.29. The van der Waals surface area contributed by atoms with E-state index in [0.717, 1.165) is 36.7 Å². The number of benzene rings is 2. The van der Waals surface area contributed by atoms with Crippen LogP contribution in [0.5, 0.6) is 11.5 Å². The summed E-state index contributed by atoms with van der Waals surface area (Å²) in [5, 5.41) is 8.68. The van der Waals surface area contributed by atoms with Crippen molar-refractivity contribution >= 4 is 16.8 Å². The molecule has 1 amide bonds. The molecule has 2 aromatic carbocycles. The van der Waals surface area contributed by atoms with E-state index < -0.39 is 6.04 Å². The molecule has 3 heterocycles. The normalized spacial score (nSPS) is 17.0. The molecular formula is C23H25N5O4. The third kappa shape index (κ3) is 3.80. The predicted molar refractivity (Wildman–Crippen MR) is 118 cm³/mol. The van der Waals surface area contributed by atoms with Crippen LogP contribution in [0.2, 0.25) is 0 Å². The number of amides is 1. The van der Waals surface area contributed by atoms with Crippen LogP contribution in [0.1, 0.15) is 24.9 Å². The van der Waals surface area contributed by atoms with Crippen molar-refractivity contribution in [2.45, 2.75) is 25.9 Å². The molecule has 1 saturated heterocycles. The van der Waals surface area contributed by atoms with E-state index in [2.05, 4.69) is 15.2 Å². The van der Waals surface area contributed by atoms with Crippen LogP contribution in [-0.2, 0) is 11.3 Å². The molecule has 32 heavy (non-hydrogen) atoms. The maximum atomic E-state index is 13.3. The van der Waals surface area contributed by atoms with Gasteiger partial charge in [0.2, 0.25) is 12.7 Å². The second-order valence-corrected chi connectivity index (χ2v) is 8.07. The molecule has 0 N–H and O–H groups in total. The first-order chi connectivity index (χ1) is 15.6. The molecule has 2 aliphatic heterocycles. The average molecular weight is 435 g/mol. The summed E-state index contributed by atoms with van der Waals surface area (Å²) in [6.07, 6.45) is 0.475. The van der Waals surface area contributed by atoms with E-state index in [4.69, 9.17) is 9.47 Å². The molecule has 3 aromatic rings. The minimum absolute atomic E-state index is 0.0816. The van der Waals surface area contributed by atoms with Crippen LogP contribution in [0, 0.1) is 0 Å². The fraction of sp³-hybridized carbons (Fsp3) is 0.391. The van der Waals surface area contributed by atoms with Crippen LogP contribution in [0.4, 0.5) is 0 Å². The SMILES string of the molecule is CC[C@@H](C(=O)N1CCN(Cc2ccc3c(c2)OCO3)CC1)n1nnc2ccccc2c1=O. The quantitative estimate of drug-likeness (QED) is 0.604. The Hall–Kier alpha value is -3.46. The highest BCUT2D eigenvalue weighted by molar-refractivity contribution is 5.81. The van der Waals surface area contributed by atoms with E-state index in [9.17, 15) is 9.59 Å². The lowest BCUT2D eigenvalue weighted by molar-refractivity contribution is -0.137. The van der Waals surface area contributed by atoms with Crippen molar-refractivity contribution in [3.05, 3.63) is 58.4 Å². The van der Waals surface area contributed by atoms with Crippen LogP contribution < -0.4 is 15.0 Å². The minimum Gasteiger partial charge on any atom is -0.454 e. The van der Waals surface area contributed by atoms with Crippen LogP contribution in [0.25, 0.3) is 10.9 Å². The number of aromatic nitrogens is 3. The highest BCUT2D eigenvalue weighted by Crippen LogP contribution is 2.32. The number of piperazine rings is 1. The van der Waals surface area contributed by atoms with Crippen molar-refractivity contribution in [2.24, 2.45) is 0 Å². The average Bonchev–Trinajstić information content (AvgIpc) is 3.29. The molecule has 0 radical (unpaired) electrons. The van der Waals surface area contributed by atoms with Crippen LogP contribution in [0.3, 0.4) is 0 Å². The number of ether oxygens (including phenoxy) is 2. The Bertz CT molecular complexity index is 1200. The summed E-state index contributed by atoms with van der Waals surface area (Å²) in [5.41, 5.74) is 1.41. The van der Waals surface area contributed by atoms with Crippen molar-refractivity contribution in [1.29, 1.82) is 0 Å². The molecular weight excluding hydrogens is 410 g/mol. The van der Waals surface area contributed by atoms with Crippen molar-refractivity contribution < 1.29 is 14.3 Å². The topological polar surface area (TPSA) is 89.8 Å². The van der Waals surface area contributed by atoms with E-state index in [1.807, 2.05) is 36.1 Å². The lowest BCUT2D eigenvalue weighted by Gasteiger charge is -2.36. The van der Waals surface area contributed by atoms with Gasteiger partial charge in [-0.2, -0.15) is 4.68 Å². The van der Waals surface area contributed by atoms with Gasteiger partial charge < -0.3 is 14.4 Å². The maximum absolute atomic E-state index is 13.3. The minimum atomic E-state index is -0.653. The van der Waals surface area contributed by atoms with E-state index in [1.54, 1.807) is 18.2 Å². The van der Waals surface area contributed by atoms with Crippen LogP contribution in [0.15, 0.2) is 47.3 Å². The molecule has 5 rings (SSSR count). The monoisotopic (exact) mass is 435 g/mol.